The van der Waals surface area contributed by atoms with E-state index in [1.165, 1.54) is 0 Å². The minimum Gasteiger partial charge on any atom is -0.466 e. The number of carbonyl (C=O) groups is 1. The number of carbonyl (C=O) groups excluding carboxylic acids is 1. The monoisotopic (exact) mass is 186 g/mol. The summed E-state index contributed by atoms with van der Waals surface area (Å²) in [6.07, 6.45) is 0.898. The summed E-state index contributed by atoms with van der Waals surface area (Å²) in [6, 6.07) is 0. The average Bonchev–Trinajstić information content (AvgIpc) is 2.64. The van der Waals surface area contributed by atoms with Gasteiger partial charge < -0.3 is 9.47 Å². The van der Waals surface area contributed by atoms with E-state index in [0.29, 0.717) is 6.61 Å². The zero-order valence-electron chi connectivity index (χ0n) is 8.79. The maximum absolute atomic E-state index is 11.2. The lowest BCUT2D eigenvalue weighted by atomic mass is 10.2. The van der Waals surface area contributed by atoms with E-state index in [4.69, 9.17) is 9.47 Å². The van der Waals surface area contributed by atoms with Crippen molar-refractivity contribution < 1.29 is 14.3 Å². The minimum absolute atomic E-state index is 0.0147. The summed E-state index contributed by atoms with van der Waals surface area (Å²) in [5, 5.41) is 0. The molecule has 0 spiro atoms. The van der Waals surface area contributed by atoms with Crippen molar-refractivity contribution in [3.05, 3.63) is 0 Å². The van der Waals surface area contributed by atoms with Crippen LogP contribution in [-0.4, -0.2) is 24.3 Å². The van der Waals surface area contributed by atoms with Crippen LogP contribution >= 0.6 is 0 Å². The second-order valence-corrected chi connectivity index (χ2v) is 4.36. The molecule has 1 aliphatic carbocycles. The quantitative estimate of drug-likeness (QED) is 0.630. The lowest BCUT2D eigenvalue weighted by Gasteiger charge is -2.19. The van der Waals surface area contributed by atoms with Crippen LogP contribution in [0, 0.1) is 5.92 Å². The molecule has 0 radical (unpaired) electrons. The number of rotatable bonds is 3. The first-order valence-corrected chi connectivity index (χ1v) is 4.78. The highest BCUT2D eigenvalue weighted by Crippen LogP contribution is 2.37. The topological polar surface area (TPSA) is 35.5 Å². The molecule has 1 fully saturated rings. The minimum atomic E-state index is -0.161. The smallest absolute Gasteiger partial charge is 0.311 e. The Morgan fingerprint density at radius 3 is 2.54 bits per heavy atom. The van der Waals surface area contributed by atoms with Gasteiger partial charge in [-0.15, -0.1) is 0 Å². The van der Waals surface area contributed by atoms with Crippen molar-refractivity contribution in [2.24, 2.45) is 5.92 Å². The van der Waals surface area contributed by atoms with Gasteiger partial charge in [-0.1, -0.05) is 0 Å². The molecule has 1 rings (SSSR count). The number of hydrogen-bond acceptors (Lipinski definition) is 3. The van der Waals surface area contributed by atoms with Gasteiger partial charge in [-0.2, -0.15) is 0 Å². The summed E-state index contributed by atoms with van der Waals surface area (Å²) in [5.74, 6) is -0.129. The van der Waals surface area contributed by atoms with E-state index in [1.807, 2.05) is 27.7 Å². The number of esters is 1. The molecule has 0 saturated heterocycles. The zero-order valence-corrected chi connectivity index (χ0v) is 8.79. The Morgan fingerprint density at radius 2 is 2.08 bits per heavy atom. The van der Waals surface area contributed by atoms with Crippen LogP contribution in [0.25, 0.3) is 0 Å². The van der Waals surface area contributed by atoms with Gasteiger partial charge in [0.05, 0.1) is 24.2 Å². The van der Waals surface area contributed by atoms with Crippen LogP contribution < -0.4 is 0 Å². The summed E-state index contributed by atoms with van der Waals surface area (Å²) >= 11 is 0. The Kier molecular flexibility index (Phi) is 2.96. The van der Waals surface area contributed by atoms with Crippen LogP contribution in [-0.2, 0) is 14.3 Å². The molecular weight excluding hydrogens is 168 g/mol. The van der Waals surface area contributed by atoms with Crippen LogP contribution in [0.5, 0.6) is 0 Å². The summed E-state index contributed by atoms with van der Waals surface area (Å²) in [4.78, 5) is 11.2. The van der Waals surface area contributed by atoms with Crippen LogP contribution in [0.4, 0.5) is 0 Å². The van der Waals surface area contributed by atoms with Gasteiger partial charge in [-0.3, -0.25) is 4.79 Å². The third-order valence-corrected chi connectivity index (χ3v) is 1.83. The van der Waals surface area contributed by atoms with E-state index in [2.05, 4.69) is 0 Å². The molecule has 76 valence electrons. The highest BCUT2D eigenvalue weighted by molar-refractivity contribution is 5.76. The number of ether oxygens (including phenoxy) is 2. The van der Waals surface area contributed by atoms with Crippen LogP contribution in [0.15, 0.2) is 0 Å². The Balaban J connectivity index is 2.26. The van der Waals surface area contributed by atoms with E-state index >= 15 is 0 Å². The molecule has 0 heterocycles. The van der Waals surface area contributed by atoms with Gasteiger partial charge in [0.1, 0.15) is 0 Å². The summed E-state index contributed by atoms with van der Waals surface area (Å²) in [5.41, 5.74) is -0.161. The zero-order chi connectivity index (χ0) is 10.1. The lowest BCUT2D eigenvalue weighted by molar-refractivity contribution is -0.146. The third-order valence-electron chi connectivity index (χ3n) is 1.83. The fraction of sp³-hybridized carbons (Fsp3) is 0.900. The molecule has 0 amide bonds. The molecule has 13 heavy (non-hydrogen) atoms. The fourth-order valence-electron chi connectivity index (χ4n) is 1.25. The largest absolute Gasteiger partial charge is 0.466 e. The highest BCUT2D eigenvalue weighted by Gasteiger charge is 2.47. The molecule has 0 aromatic rings. The van der Waals surface area contributed by atoms with Crippen molar-refractivity contribution in [3.8, 4) is 0 Å². The van der Waals surface area contributed by atoms with Crippen LogP contribution in [0.2, 0.25) is 0 Å². The van der Waals surface area contributed by atoms with Gasteiger partial charge in [0.15, 0.2) is 0 Å². The molecular formula is C10H18O3. The Hall–Kier alpha value is -0.570. The maximum atomic E-state index is 11.2. The second-order valence-electron chi connectivity index (χ2n) is 4.36. The van der Waals surface area contributed by atoms with Crippen LogP contribution in [0.1, 0.15) is 34.1 Å². The second kappa shape index (κ2) is 3.66. The maximum Gasteiger partial charge on any atom is 0.311 e. The van der Waals surface area contributed by atoms with Gasteiger partial charge in [0, 0.05) is 0 Å². The van der Waals surface area contributed by atoms with E-state index < -0.39 is 0 Å². The summed E-state index contributed by atoms with van der Waals surface area (Å²) < 4.78 is 10.5. The van der Waals surface area contributed by atoms with Crippen molar-refractivity contribution in [2.45, 2.75) is 45.8 Å². The molecule has 2 atom stereocenters. The van der Waals surface area contributed by atoms with E-state index in [-0.39, 0.29) is 23.6 Å². The van der Waals surface area contributed by atoms with Crippen molar-refractivity contribution in [3.63, 3.8) is 0 Å². The first-order valence-electron chi connectivity index (χ1n) is 4.78. The van der Waals surface area contributed by atoms with E-state index in [0.717, 1.165) is 6.42 Å². The molecule has 3 nitrogen and oxygen atoms in total. The molecule has 3 heteroatoms. The molecule has 0 aliphatic heterocycles. The van der Waals surface area contributed by atoms with Crippen molar-refractivity contribution >= 4 is 5.97 Å². The first kappa shape index (κ1) is 10.5. The predicted molar refractivity (Wildman–Crippen MR) is 49.4 cm³/mol. The molecule has 1 saturated carbocycles. The van der Waals surface area contributed by atoms with Gasteiger partial charge >= 0.3 is 5.97 Å². The van der Waals surface area contributed by atoms with Gasteiger partial charge in [-0.05, 0) is 34.1 Å². The van der Waals surface area contributed by atoms with Gasteiger partial charge in [0.2, 0.25) is 0 Å². The first-order chi connectivity index (χ1) is 5.94. The molecule has 0 bridgehead atoms. The summed E-state index contributed by atoms with van der Waals surface area (Å²) in [7, 11) is 0. The summed E-state index contributed by atoms with van der Waals surface area (Å²) in [6.45, 7) is 8.26. The Morgan fingerprint density at radius 1 is 1.46 bits per heavy atom. The van der Waals surface area contributed by atoms with Gasteiger partial charge in [-0.25, -0.2) is 0 Å². The SMILES string of the molecule is CCOC(=O)[C@@H]1C[C@H]1OC(C)(C)C. The van der Waals surface area contributed by atoms with Crippen molar-refractivity contribution in [2.75, 3.05) is 6.61 Å². The number of hydrogen-bond donors (Lipinski definition) is 0. The Labute approximate surface area is 79.4 Å². The normalized spacial score (nSPS) is 27.1. The fourth-order valence-corrected chi connectivity index (χ4v) is 1.25. The highest BCUT2D eigenvalue weighted by atomic mass is 16.5. The van der Waals surface area contributed by atoms with Crippen molar-refractivity contribution in [1.29, 1.82) is 0 Å². The lowest BCUT2D eigenvalue weighted by Crippen LogP contribution is -2.22. The molecule has 0 N–H and O–H groups in total. The van der Waals surface area contributed by atoms with Crippen LogP contribution in [0.3, 0.4) is 0 Å². The van der Waals surface area contributed by atoms with E-state index in [1.54, 1.807) is 0 Å². The van der Waals surface area contributed by atoms with E-state index in [9.17, 15) is 4.79 Å². The average molecular weight is 186 g/mol. The molecule has 1 aliphatic rings. The standard InChI is InChI=1S/C10H18O3/c1-5-12-9(11)7-6-8(7)13-10(2,3)4/h7-8H,5-6H2,1-4H3/t7-,8-/m1/s1. The molecule has 0 unspecified atom stereocenters. The van der Waals surface area contributed by atoms with Gasteiger partial charge in [0.25, 0.3) is 0 Å². The predicted octanol–water partition coefficient (Wildman–Crippen LogP) is 1.75. The third kappa shape index (κ3) is 3.35. The Bertz CT molecular complexity index is 193. The van der Waals surface area contributed by atoms with Crippen molar-refractivity contribution in [1.82, 2.24) is 0 Å². The molecule has 0 aromatic carbocycles. The molecule has 0 aromatic heterocycles.